The SMILES string of the molecule is O=C(O)c1ccc(-c2ncc(NC(=O)N3CCC(=Cc4ccccn4)CC3)cn2)cc1. The first-order chi connectivity index (χ1) is 15.1. The van der Waals surface area contributed by atoms with Crippen molar-refractivity contribution in [1.29, 1.82) is 0 Å². The third-order valence-electron chi connectivity index (χ3n) is 5.03. The molecule has 4 rings (SSSR count). The number of aromatic carboxylic acids is 1. The highest BCUT2D eigenvalue weighted by Gasteiger charge is 2.19. The lowest BCUT2D eigenvalue weighted by Crippen LogP contribution is -2.39. The molecule has 0 saturated carbocycles. The maximum Gasteiger partial charge on any atom is 0.335 e. The van der Waals surface area contributed by atoms with Gasteiger partial charge in [0, 0.05) is 24.8 Å². The number of amides is 2. The van der Waals surface area contributed by atoms with Gasteiger partial charge in [-0.05, 0) is 43.2 Å². The maximum absolute atomic E-state index is 12.6. The molecule has 31 heavy (non-hydrogen) atoms. The predicted molar refractivity (Wildman–Crippen MR) is 116 cm³/mol. The lowest BCUT2D eigenvalue weighted by molar-refractivity contribution is 0.0697. The lowest BCUT2D eigenvalue weighted by atomic mass is 10.0. The van der Waals surface area contributed by atoms with Crippen molar-refractivity contribution in [3.05, 3.63) is 77.9 Å². The van der Waals surface area contributed by atoms with Gasteiger partial charge in [0.2, 0.25) is 0 Å². The molecule has 0 spiro atoms. The smallest absolute Gasteiger partial charge is 0.335 e. The minimum atomic E-state index is -0.984. The number of carboxylic acids is 1. The molecule has 0 aliphatic carbocycles. The molecule has 0 unspecified atom stereocenters. The molecular weight excluding hydrogens is 394 g/mol. The molecule has 3 aromatic rings. The molecule has 2 N–H and O–H groups in total. The quantitative estimate of drug-likeness (QED) is 0.668. The Labute approximate surface area is 179 Å². The van der Waals surface area contributed by atoms with Gasteiger partial charge in [0.05, 0.1) is 29.3 Å². The van der Waals surface area contributed by atoms with Crippen LogP contribution in [0.4, 0.5) is 10.5 Å². The molecule has 2 aromatic heterocycles. The number of hydrogen-bond acceptors (Lipinski definition) is 5. The van der Waals surface area contributed by atoms with Crippen LogP contribution in [0.1, 0.15) is 28.9 Å². The molecule has 8 nitrogen and oxygen atoms in total. The first kappa shape index (κ1) is 20.2. The minimum Gasteiger partial charge on any atom is -0.478 e. The van der Waals surface area contributed by atoms with Crippen molar-refractivity contribution >= 4 is 23.8 Å². The summed E-state index contributed by atoms with van der Waals surface area (Å²) in [6.45, 7) is 1.28. The van der Waals surface area contributed by atoms with Crippen LogP contribution in [-0.4, -0.2) is 50.0 Å². The van der Waals surface area contributed by atoms with Crippen LogP contribution >= 0.6 is 0 Å². The number of nitrogens with zero attached hydrogens (tertiary/aromatic N) is 4. The van der Waals surface area contributed by atoms with Crippen molar-refractivity contribution in [3.63, 3.8) is 0 Å². The van der Waals surface area contributed by atoms with E-state index >= 15 is 0 Å². The molecule has 0 radical (unpaired) electrons. The number of benzene rings is 1. The average Bonchev–Trinajstić information content (AvgIpc) is 2.81. The van der Waals surface area contributed by atoms with Crippen molar-refractivity contribution in [2.24, 2.45) is 0 Å². The maximum atomic E-state index is 12.6. The number of carbonyl (C=O) groups excluding carboxylic acids is 1. The number of carbonyl (C=O) groups is 2. The van der Waals surface area contributed by atoms with Crippen LogP contribution in [0.5, 0.6) is 0 Å². The van der Waals surface area contributed by atoms with Gasteiger partial charge in [-0.25, -0.2) is 19.6 Å². The van der Waals surface area contributed by atoms with Crippen molar-refractivity contribution in [1.82, 2.24) is 19.9 Å². The lowest BCUT2D eigenvalue weighted by Gasteiger charge is -2.28. The van der Waals surface area contributed by atoms with Gasteiger partial charge in [-0.3, -0.25) is 4.98 Å². The van der Waals surface area contributed by atoms with Gasteiger partial charge in [0.1, 0.15) is 0 Å². The molecule has 0 bridgehead atoms. The fourth-order valence-electron chi connectivity index (χ4n) is 3.32. The van der Waals surface area contributed by atoms with E-state index in [1.54, 1.807) is 35.6 Å². The first-order valence-corrected chi connectivity index (χ1v) is 9.91. The fraction of sp³-hybridized carbons (Fsp3) is 0.174. The van der Waals surface area contributed by atoms with E-state index in [4.69, 9.17) is 5.11 Å². The Morgan fingerprint density at radius 1 is 0.968 bits per heavy atom. The third kappa shape index (κ3) is 5.11. The Kier molecular flexibility index (Phi) is 5.98. The highest BCUT2D eigenvalue weighted by molar-refractivity contribution is 5.89. The van der Waals surface area contributed by atoms with Crippen LogP contribution in [0.3, 0.4) is 0 Å². The van der Waals surface area contributed by atoms with Gasteiger partial charge in [-0.2, -0.15) is 0 Å². The number of pyridine rings is 1. The van der Waals surface area contributed by atoms with E-state index in [0.717, 1.165) is 18.5 Å². The monoisotopic (exact) mass is 415 g/mol. The first-order valence-electron chi connectivity index (χ1n) is 9.91. The van der Waals surface area contributed by atoms with Crippen LogP contribution in [-0.2, 0) is 0 Å². The van der Waals surface area contributed by atoms with Gasteiger partial charge in [-0.15, -0.1) is 0 Å². The summed E-state index contributed by atoms with van der Waals surface area (Å²) in [5, 5.41) is 11.8. The summed E-state index contributed by atoms with van der Waals surface area (Å²) in [7, 11) is 0. The van der Waals surface area contributed by atoms with Crippen LogP contribution in [0, 0.1) is 0 Å². The summed E-state index contributed by atoms with van der Waals surface area (Å²) in [4.78, 5) is 38.1. The van der Waals surface area contributed by atoms with Crippen LogP contribution in [0.15, 0.2) is 66.6 Å². The highest BCUT2D eigenvalue weighted by atomic mass is 16.4. The van der Waals surface area contributed by atoms with E-state index in [-0.39, 0.29) is 11.6 Å². The number of likely N-dealkylation sites (tertiary alicyclic amines) is 1. The molecular formula is C23H21N5O3. The largest absolute Gasteiger partial charge is 0.478 e. The second-order valence-electron chi connectivity index (χ2n) is 7.15. The number of aromatic nitrogens is 3. The fourth-order valence-corrected chi connectivity index (χ4v) is 3.32. The summed E-state index contributed by atoms with van der Waals surface area (Å²) in [6.07, 6.45) is 8.57. The molecule has 2 amide bonds. The molecule has 0 atom stereocenters. The summed E-state index contributed by atoms with van der Waals surface area (Å²) in [5.74, 6) is -0.528. The Morgan fingerprint density at radius 2 is 1.68 bits per heavy atom. The molecule has 1 aromatic carbocycles. The standard InChI is InChI=1S/C23H21N5O3/c29-22(30)18-6-4-17(5-7-18)21-25-14-20(15-26-21)27-23(31)28-11-8-16(9-12-28)13-19-3-1-2-10-24-19/h1-7,10,13-15H,8-9,11-12H2,(H,27,31)(H,29,30). The van der Waals surface area contributed by atoms with Gasteiger partial charge in [-0.1, -0.05) is 23.8 Å². The molecule has 1 aliphatic rings. The number of anilines is 1. The van der Waals surface area contributed by atoms with Crippen molar-refractivity contribution < 1.29 is 14.7 Å². The molecule has 1 aliphatic heterocycles. The zero-order valence-electron chi connectivity index (χ0n) is 16.7. The summed E-state index contributed by atoms with van der Waals surface area (Å²) in [5.41, 5.74) is 3.62. The number of urea groups is 1. The highest BCUT2D eigenvalue weighted by Crippen LogP contribution is 2.20. The molecule has 1 fully saturated rings. The molecule has 156 valence electrons. The van der Waals surface area contributed by atoms with Gasteiger partial charge >= 0.3 is 12.0 Å². The summed E-state index contributed by atoms with van der Waals surface area (Å²) in [6, 6.07) is 11.9. The third-order valence-corrected chi connectivity index (χ3v) is 5.03. The van der Waals surface area contributed by atoms with Crippen molar-refractivity contribution in [2.75, 3.05) is 18.4 Å². The zero-order chi connectivity index (χ0) is 21.6. The van der Waals surface area contributed by atoms with Gasteiger partial charge in [0.25, 0.3) is 0 Å². The Balaban J connectivity index is 1.33. The van der Waals surface area contributed by atoms with E-state index in [9.17, 15) is 9.59 Å². The van der Waals surface area contributed by atoms with E-state index in [1.807, 2.05) is 18.2 Å². The van der Waals surface area contributed by atoms with Gasteiger partial charge < -0.3 is 15.3 Å². The summed E-state index contributed by atoms with van der Waals surface area (Å²) < 4.78 is 0. The second kappa shape index (κ2) is 9.17. The van der Waals surface area contributed by atoms with Crippen molar-refractivity contribution in [2.45, 2.75) is 12.8 Å². The van der Waals surface area contributed by atoms with E-state index in [0.29, 0.717) is 30.2 Å². The molecule has 3 heterocycles. The normalized spacial score (nSPS) is 13.5. The molecule has 1 saturated heterocycles. The van der Waals surface area contributed by atoms with E-state index < -0.39 is 5.97 Å². The second-order valence-corrected chi connectivity index (χ2v) is 7.15. The van der Waals surface area contributed by atoms with E-state index in [2.05, 4.69) is 26.3 Å². The van der Waals surface area contributed by atoms with Crippen LogP contribution in [0.2, 0.25) is 0 Å². The topological polar surface area (TPSA) is 108 Å². The Morgan fingerprint density at radius 3 is 2.29 bits per heavy atom. The van der Waals surface area contributed by atoms with Gasteiger partial charge in [0.15, 0.2) is 5.82 Å². The number of hydrogen-bond donors (Lipinski definition) is 2. The number of piperidine rings is 1. The van der Waals surface area contributed by atoms with Crippen LogP contribution < -0.4 is 5.32 Å². The predicted octanol–water partition coefficient (Wildman–Crippen LogP) is 3.95. The average molecular weight is 415 g/mol. The minimum absolute atomic E-state index is 0.181. The number of carboxylic acid groups (broad SMARTS) is 1. The van der Waals surface area contributed by atoms with Crippen LogP contribution in [0.25, 0.3) is 17.5 Å². The Hall–Kier alpha value is -4.07. The zero-order valence-corrected chi connectivity index (χ0v) is 16.7. The van der Waals surface area contributed by atoms with E-state index in [1.165, 1.54) is 17.7 Å². The Bertz CT molecular complexity index is 1090. The summed E-state index contributed by atoms with van der Waals surface area (Å²) >= 11 is 0. The number of nitrogens with one attached hydrogen (secondary N) is 1. The number of rotatable bonds is 4. The molecule has 8 heteroatoms. The van der Waals surface area contributed by atoms with Crippen molar-refractivity contribution in [3.8, 4) is 11.4 Å².